The Morgan fingerprint density at radius 3 is 2.50 bits per heavy atom. The van der Waals surface area contributed by atoms with Crippen LogP contribution in [0.4, 0.5) is 17.3 Å². The molecule has 0 radical (unpaired) electrons. The van der Waals surface area contributed by atoms with E-state index >= 15 is 0 Å². The number of benzene rings is 3. The molecule has 11 heteroatoms. The molecule has 4 rings (SSSR count). The molecule has 34 heavy (non-hydrogen) atoms. The van der Waals surface area contributed by atoms with Crippen molar-refractivity contribution >= 4 is 57.3 Å². The molecule has 0 aliphatic rings. The van der Waals surface area contributed by atoms with E-state index in [2.05, 4.69) is 15.3 Å². The predicted molar refractivity (Wildman–Crippen MR) is 130 cm³/mol. The van der Waals surface area contributed by atoms with Crippen LogP contribution in [0.2, 0.25) is 10.0 Å². The molecule has 0 spiro atoms. The third-order valence-corrected chi connectivity index (χ3v) is 5.73. The summed E-state index contributed by atoms with van der Waals surface area (Å²) in [5.41, 5.74) is 1.02. The third-order valence-electron chi connectivity index (χ3n) is 4.99. The van der Waals surface area contributed by atoms with Crippen LogP contribution in [0.5, 0.6) is 5.88 Å². The lowest BCUT2D eigenvalue weighted by Crippen LogP contribution is -2.26. The van der Waals surface area contributed by atoms with Gasteiger partial charge in [0.05, 0.1) is 31.4 Å². The molecule has 9 nitrogen and oxygen atoms in total. The van der Waals surface area contributed by atoms with Crippen molar-refractivity contribution in [1.29, 1.82) is 0 Å². The Balaban J connectivity index is 1.78. The van der Waals surface area contributed by atoms with Crippen molar-refractivity contribution in [2.45, 2.75) is 6.54 Å². The number of rotatable bonds is 6. The largest absolute Gasteiger partial charge is 0.493 e. The molecule has 2 N–H and O–H groups in total. The van der Waals surface area contributed by atoms with Gasteiger partial charge in [0, 0.05) is 31.4 Å². The lowest BCUT2D eigenvalue weighted by atomic mass is 10.1. The zero-order valence-corrected chi connectivity index (χ0v) is 19.2. The number of nitrogens with zero attached hydrogens (tertiary/aromatic N) is 4. The first kappa shape index (κ1) is 23.2. The van der Waals surface area contributed by atoms with E-state index < -0.39 is 16.7 Å². The van der Waals surface area contributed by atoms with Crippen molar-refractivity contribution in [1.82, 2.24) is 14.9 Å². The molecule has 0 atom stereocenters. The van der Waals surface area contributed by atoms with Crippen molar-refractivity contribution in [3.8, 4) is 5.88 Å². The number of non-ortho nitro benzene ring substituents is 1. The van der Waals surface area contributed by atoms with Crippen molar-refractivity contribution in [3.05, 3.63) is 92.0 Å². The Morgan fingerprint density at radius 2 is 1.82 bits per heavy atom. The smallest absolute Gasteiger partial charge is 0.271 e. The maximum absolute atomic E-state index is 13.3. The average molecular weight is 498 g/mol. The van der Waals surface area contributed by atoms with Gasteiger partial charge >= 0.3 is 0 Å². The van der Waals surface area contributed by atoms with Gasteiger partial charge in [-0.15, -0.1) is 0 Å². The number of amides is 1. The van der Waals surface area contributed by atoms with Gasteiger partial charge in [-0.25, -0.2) is 4.98 Å². The van der Waals surface area contributed by atoms with Crippen LogP contribution < -0.4 is 5.32 Å². The minimum absolute atomic E-state index is 0.0228. The van der Waals surface area contributed by atoms with Crippen molar-refractivity contribution in [3.63, 3.8) is 0 Å². The first-order valence-electron chi connectivity index (χ1n) is 9.93. The fraction of sp³-hybridized carbons (Fsp3) is 0.0870. The number of anilines is 2. The summed E-state index contributed by atoms with van der Waals surface area (Å²) in [5, 5.41) is 25.5. The van der Waals surface area contributed by atoms with E-state index in [0.29, 0.717) is 15.7 Å². The molecule has 0 saturated carbocycles. The lowest BCUT2D eigenvalue weighted by Gasteiger charge is -2.18. The van der Waals surface area contributed by atoms with Gasteiger partial charge in [-0.2, -0.15) is 4.98 Å². The minimum atomic E-state index is -0.644. The highest BCUT2D eigenvalue weighted by molar-refractivity contribution is 6.42. The van der Waals surface area contributed by atoms with Crippen LogP contribution in [0.25, 0.3) is 10.9 Å². The molecule has 0 aliphatic carbocycles. The number of fused-ring (bicyclic) bond motifs is 1. The monoisotopic (exact) mass is 497 g/mol. The fourth-order valence-electron chi connectivity index (χ4n) is 3.36. The number of carbonyl (C=O) groups is 1. The lowest BCUT2D eigenvalue weighted by molar-refractivity contribution is -0.384. The summed E-state index contributed by atoms with van der Waals surface area (Å²) in [5.74, 6) is -1.05. The van der Waals surface area contributed by atoms with E-state index in [1.807, 2.05) is 30.3 Å². The van der Waals surface area contributed by atoms with E-state index in [4.69, 9.17) is 23.2 Å². The summed E-state index contributed by atoms with van der Waals surface area (Å²) in [6.45, 7) is 0.273. The van der Waals surface area contributed by atoms with Gasteiger partial charge in [0.1, 0.15) is 0 Å². The first-order valence-corrected chi connectivity index (χ1v) is 10.7. The molecule has 1 aromatic heterocycles. The summed E-state index contributed by atoms with van der Waals surface area (Å²) < 4.78 is 0. The van der Waals surface area contributed by atoms with E-state index in [9.17, 15) is 20.0 Å². The molecule has 0 bridgehead atoms. The van der Waals surface area contributed by atoms with Gasteiger partial charge in [0.25, 0.3) is 11.6 Å². The zero-order valence-electron chi connectivity index (χ0n) is 17.7. The van der Waals surface area contributed by atoms with Crippen LogP contribution in [0, 0.1) is 10.1 Å². The number of carbonyl (C=O) groups excluding carboxylic acids is 1. The minimum Gasteiger partial charge on any atom is -0.493 e. The Hall–Kier alpha value is -3.95. The molecule has 1 heterocycles. The van der Waals surface area contributed by atoms with Gasteiger partial charge in [-0.05, 0) is 23.8 Å². The fourth-order valence-corrected chi connectivity index (χ4v) is 3.66. The summed E-state index contributed by atoms with van der Waals surface area (Å²) in [6.07, 6.45) is 0. The molecule has 0 unspecified atom stereocenters. The molecule has 3 aromatic carbocycles. The van der Waals surface area contributed by atoms with Crippen molar-refractivity contribution in [2.75, 3.05) is 12.4 Å². The van der Waals surface area contributed by atoms with Gasteiger partial charge in [-0.3, -0.25) is 14.9 Å². The predicted octanol–water partition coefficient (Wildman–Crippen LogP) is 5.57. The van der Waals surface area contributed by atoms with Crippen molar-refractivity contribution in [2.24, 2.45) is 0 Å². The van der Waals surface area contributed by atoms with Crippen LogP contribution in [0.3, 0.4) is 0 Å². The normalized spacial score (nSPS) is 10.8. The molecular weight excluding hydrogens is 481 g/mol. The quantitative estimate of drug-likeness (QED) is 0.263. The van der Waals surface area contributed by atoms with Crippen LogP contribution in [-0.2, 0) is 6.54 Å². The first-order chi connectivity index (χ1) is 16.2. The standard InChI is InChI=1S/C23H17Cl2N5O4/c1-29(12-13-5-3-2-4-6-13)22(32)17-11-15(30(33)34)10-16-20(17)27-23(28-21(16)31)26-14-7-8-18(24)19(25)9-14/h2-11H,12H2,1H3,(H2,26,27,28,31). The molecule has 1 amide bonds. The van der Waals surface area contributed by atoms with Gasteiger partial charge in [0.2, 0.25) is 11.8 Å². The topological polar surface area (TPSA) is 121 Å². The number of aromatic nitrogens is 2. The van der Waals surface area contributed by atoms with Crippen LogP contribution in [-0.4, -0.2) is 37.9 Å². The Bertz CT molecular complexity index is 1420. The van der Waals surface area contributed by atoms with Crippen molar-refractivity contribution < 1.29 is 14.8 Å². The van der Waals surface area contributed by atoms with Crippen LogP contribution >= 0.6 is 23.2 Å². The van der Waals surface area contributed by atoms with E-state index in [1.54, 1.807) is 25.2 Å². The number of nitro benzene ring substituents is 1. The van der Waals surface area contributed by atoms with Crippen LogP contribution in [0.1, 0.15) is 15.9 Å². The highest BCUT2D eigenvalue weighted by Gasteiger charge is 2.23. The van der Waals surface area contributed by atoms with E-state index in [-0.39, 0.29) is 34.6 Å². The number of aromatic hydroxyl groups is 1. The molecule has 0 aliphatic heterocycles. The number of halogens is 2. The SMILES string of the molecule is CN(Cc1ccccc1)C(=O)c1cc([N+](=O)[O-])cc2c(O)nc(Nc3ccc(Cl)c(Cl)c3)nc12. The molecule has 172 valence electrons. The van der Waals surface area contributed by atoms with E-state index in [0.717, 1.165) is 17.7 Å². The number of nitro groups is 1. The summed E-state index contributed by atoms with van der Waals surface area (Å²) in [7, 11) is 1.58. The molecule has 0 fully saturated rings. The Morgan fingerprint density at radius 1 is 1.09 bits per heavy atom. The number of nitrogens with one attached hydrogen (secondary N) is 1. The summed E-state index contributed by atoms with van der Waals surface area (Å²) >= 11 is 12.0. The second kappa shape index (κ2) is 9.50. The maximum Gasteiger partial charge on any atom is 0.271 e. The van der Waals surface area contributed by atoms with Gasteiger partial charge in [0.15, 0.2) is 0 Å². The highest BCUT2D eigenvalue weighted by atomic mass is 35.5. The zero-order chi connectivity index (χ0) is 24.4. The van der Waals surface area contributed by atoms with Gasteiger partial charge < -0.3 is 15.3 Å². The highest BCUT2D eigenvalue weighted by Crippen LogP contribution is 2.32. The Labute approximate surface area is 203 Å². The Kier molecular flexibility index (Phi) is 6.49. The molecule has 0 saturated heterocycles. The van der Waals surface area contributed by atoms with E-state index in [1.165, 1.54) is 4.90 Å². The molecular formula is C23H17Cl2N5O4. The maximum atomic E-state index is 13.3. The number of hydrogen-bond donors (Lipinski definition) is 2. The molecule has 4 aromatic rings. The summed E-state index contributed by atoms with van der Waals surface area (Å²) in [6, 6.07) is 16.3. The summed E-state index contributed by atoms with van der Waals surface area (Å²) in [4.78, 5) is 33.9. The van der Waals surface area contributed by atoms with Crippen LogP contribution in [0.15, 0.2) is 60.7 Å². The third kappa shape index (κ3) is 4.85. The second-order valence-corrected chi connectivity index (χ2v) is 8.23. The average Bonchev–Trinajstić information content (AvgIpc) is 2.81. The van der Waals surface area contributed by atoms with Gasteiger partial charge in [-0.1, -0.05) is 53.5 Å². The number of hydrogen-bond acceptors (Lipinski definition) is 7. The second-order valence-electron chi connectivity index (χ2n) is 7.42.